The van der Waals surface area contributed by atoms with Crippen molar-refractivity contribution in [3.63, 3.8) is 0 Å². The number of Topliss-reactive ketones (excluding diaryl/α,β-unsaturated/α-hetero) is 1. The summed E-state index contributed by atoms with van der Waals surface area (Å²) < 4.78 is 4.30. The Bertz CT molecular complexity index is 414. The van der Waals surface area contributed by atoms with E-state index in [9.17, 15) is 9.59 Å². The molecule has 0 bridgehead atoms. The Morgan fingerprint density at radius 2 is 1.72 bits per heavy atom. The normalized spacial score (nSPS) is 10.4. The molecule has 18 heavy (non-hydrogen) atoms. The summed E-state index contributed by atoms with van der Waals surface area (Å²) in [6, 6.07) is 6.56. The maximum absolute atomic E-state index is 11.3. The van der Waals surface area contributed by atoms with Crippen LogP contribution in [-0.4, -0.2) is 34.7 Å². The molecule has 2 N–H and O–H groups in total. The molecule has 7 nitrogen and oxygen atoms in total. The number of rotatable bonds is 6. The lowest BCUT2D eigenvalue weighted by Gasteiger charge is -2.06. The van der Waals surface area contributed by atoms with Gasteiger partial charge in [-0.05, 0) is 11.1 Å². The van der Waals surface area contributed by atoms with Gasteiger partial charge in [-0.25, -0.2) is 9.63 Å². The van der Waals surface area contributed by atoms with Gasteiger partial charge < -0.3 is 4.74 Å². The van der Waals surface area contributed by atoms with Gasteiger partial charge in [0.1, 0.15) is 0 Å². The van der Waals surface area contributed by atoms with Crippen molar-refractivity contribution >= 4 is 11.8 Å². The summed E-state index contributed by atoms with van der Waals surface area (Å²) in [7, 11) is 1.15. The highest BCUT2D eigenvalue weighted by atomic mass is 17.1. The van der Waals surface area contributed by atoms with Crippen LogP contribution in [0.4, 0.5) is 0 Å². The zero-order valence-electron chi connectivity index (χ0n) is 9.70. The molecule has 0 aliphatic heterocycles. The molecular formula is C11H13NO6. The van der Waals surface area contributed by atoms with Crippen LogP contribution in [0.2, 0.25) is 0 Å². The highest BCUT2D eigenvalue weighted by Crippen LogP contribution is 2.07. The monoisotopic (exact) mass is 255 g/mol. The van der Waals surface area contributed by atoms with Crippen LogP contribution in [0.1, 0.15) is 11.1 Å². The van der Waals surface area contributed by atoms with E-state index in [-0.39, 0.29) is 18.4 Å². The average molecular weight is 255 g/mol. The summed E-state index contributed by atoms with van der Waals surface area (Å²) in [5.74, 6) is -1.50. The number of benzene rings is 1. The van der Waals surface area contributed by atoms with E-state index in [1.54, 1.807) is 24.3 Å². The second kappa shape index (κ2) is 6.82. The molecule has 0 aliphatic carbocycles. The Morgan fingerprint density at radius 3 is 2.22 bits per heavy atom. The van der Waals surface area contributed by atoms with E-state index in [0.717, 1.165) is 7.11 Å². The van der Waals surface area contributed by atoms with Crippen LogP contribution in [-0.2, 0) is 32.2 Å². The number of esters is 1. The number of nitrogens with zero attached hydrogens (tertiary/aromatic N) is 1. The van der Waals surface area contributed by atoms with E-state index < -0.39 is 11.8 Å². The van der Waals surface area contributed by atoms with Crippen molar-refractivity contribution in [1.29, 1.82) is 0 Å². The molecule has 0 atom stereocenters. The average Bonchev–Trinajstić information content (AvgIpc) is 2.36. The van der Waals surface area contributed by atoms with Gasteiger partial charge in [0, 0.05) is 6.42 Å². The van der Waals surface area contributed by atoms with Crippen LogP contribution in [0.25, 0.3) is 0 Å². The predicted octanol–water partition coefficient (Wildman–Crippen LogP) is 0.483. The van der Waals surface area contributed by atoms with Crippen molar-refractivity contribution in [3.05, 3.63) is 35.4 Å². The standard InChI is InChI=1S/C11H13NO6/c1-17-11(14)10(13)6-8-2-4-9(5-3-8)7-18-12(15)16/h2-5,15-16H,6-7H2,1H3. The van der Waals surface area contributed by atoms with Crippen molar-refractivity contribution < 1.29 is 29.6 Å². The van der Waals surface area contributed by atoms with Gasteiger partial charge in [-0.2, -0.15) is 0 Å². The number of hydrogen-bond donors (Lipinski definition) is 2. The van der Waals surface area contributed by atoms with E-state index >= 15 is 0 Å². The third-order valence-electron chi connectivity index (χ3n) is 2.15. The van der Waals surface area contributed by atoms with E-state index in [1.165, 1.54) is 0 Å². The second-order valence-corrected chi connectivity index (χ2v) is 3.43. The summed E-state index contributed by atoms with van der Waals surface area (Å²) in [6.45, 7) is -0.0295. The van der Waals surface area contributed by atoms with Gasteiger partial charge in [-0.1, -0.05) is 24.3 Å². The topological polar surface area (TPSA) is 96.3 Å². The number of carbonyl (C=O) groups is 2. The number of ether oxygens (including phenoxy) is 1. The van der Waals surface area contributed by atoms with Crippen molar-refractivity contribution in [2.24, 2.45) is 0 Å². The molecule has 0 unspecified atom stereocenters. The first kappa shape index (κ1) is 14.3. The third-order valence-corrected chi connectivity index (χ3v) is 2.15. The van der Waals surface area contributed by atoms with Crippen molar-refractivity contribution in [2.75, 3.05) is 7.11 Å². The van der Waals surface area contributed by atoms with Gasteiger partial charge in [0.05, 0.1) is 19.1 Å². The fourth-order valence-electron chi connectivity index (χ4n) is 1.26. The number of methoxy groups -OCH3 is 1. The molecule has 0 saturated heterocycles. The highest BCUT2D eigenvalue weighted by molar-refractivity contribution is 6.34. The third kappa shape index (κ3) is 4.60. The number of ketones is 1. The van der Waals surface area contributed by atoms with Crippen molar-refractivity contribution in [1.82, 2.24) is 5.39 Å². The lowest BCUT2D eigenvalue weighted by Crippen LogP contribution is -2.17. The minimum atomic E-state index is -0.876. The van der Waals surface area contributed by atoms with Crippen LogP contribution >= 0.6 is 0 Å². The first-order chi connectivity index (χ1) is 8.52. The molecule has 1 aromatic rings. The first-order valence-corrected chi connectivity index (χ1v) is 5.02. The predicted molar refractivity (Wildman–Crippen MR) is 57.4 cm³/mol. The van der Waals surface area contributed by atoms with E-state index in [4.69, 9.17) is 10.4 Å². The summed E-state index contributed by atoms with van der Waals surface area (Å²) >= 11 is 0. The zero-order valence-corrected chi connectivity index (χ0v) is 9.70. The molecule has 0 saturated carbocycles. The van der Waals surface area contributed by atoms with Gasteiger partial charge >= 0.3 is 5.97 Å². The van der Waals surface area contributed by atoms with Gasteiger partial charge in [0.2, 0.25) is 5.78 Å². The summed E-state index contributed by atoms with van der Waals surface area (Å²) in [5, 5.41) is 16.3. The zero-order chi connectivity index (χ0) is 13.5. The van der Waals surface area contributed by atoms with Gasteiger partial charge in [0.15, 0.2) is 0 Å². The van der Waals surface area contributed by atoms with Crippen LogP contribution in [0, 0.1) is 0 Å². The molecular weight excluding hydrogens is 242 g/mol. The lowest BCUT2D eigenvalue weighted by atomic mass is 10.1. The van der Waals surface area contributed by atoms with Gasteiger partial charge in [-0.15, -0.1) is 0 Å². The number of hydrogen-bond acceptors (Lipinski definition) is 7. The van der Waals surface area contributed by atoms with E-state index in [0.29, 0.717) is 11.1 Å². The maximum atomic E-state index is 11.3. The smallest absolute Gasteiger partial charge is 0.374 e. The minimum Gasteiger partial charge on any atom is -0.463 e. The molecule has 0 heterocycles. The first-order valence-electron chi connectivity index (χ1n) is 5.02. The molecule has 0 aromatic heterocycles. The molecule has 0 fully saturated rings. The van der Waals surface area contributed by atoms with E-state index in [2.05, 4.69) is 9.57 Å². The van der Waals surface area contributed by atoms with Crippen LogP contribution in [0.5, 0.6) is 0 Å². The molecule has 0 spiro atoms. The minimum absolute atomic E-state index is 0.0295. The Labute approximate surface area is 103 Å². The van der Waals surface area contributed by atoms with Crippen molar-refractivity contribution in [2.45, 2.75) is 13.0 Å². The van der Waals surface area contributed by atoms with E-state index in [1.807, 2.05) is 0 Å². The molecule has 0 aliphatic rings. The Kier molecular flexibility index (Phi) is 5.40. The highest BCUT2D eigenvalue weighted by Gasteiger charge is 2.14. The molecule has 1 aromatic carbocycles. The fourth-order valence-corrected chi connectivity index (χ4v) is 1.26. The Morgan fingerprint density at radius 1 is 1.17 bits per heavy atom. The summed E-state index contributed by atoms with van der Waals surface area (Å²) in [5.41, 5.74) is 1.33. The molecule has 0 radical (unpaired) electrons. The lowest BCUT2D eigenvalue weighted by molar-refractivity contribution is -0.497. The van der Waals surface area contributed by atoms with Crippen LogP contribution in [0.15, 0.2) is 24.3 Å². The van der Waals surface area contributed by atoms with Gasteiger partial charge in [-0.3, -0.25) is 15.2 Å². The Hall–Kier alpha value is -1.80. The number of carbonyl (C=O) groups excluding carboxylic acids is 2. The molecule has 1 rings (SSSR count). The van der Waals surface area contributed by atoms with Crippen LogP contribution in [0.3, 0.4) is 0 Å². The summed E-state index contributed by atoms with van der Waals surface area (Å²) in [4.78, 5) is 26.6. The summed E-state index contributed by atoms with van der Waals surface area (Å²) in [6.07, 6.45) is -0.0417. The largest absolute Gasteiger partial charge is 0.463 e. The quantitative estimate of drug-likeness (QED) is 0.433. The molecule has 0 amide bonds. The maximum Gasteiger partial charge on any atom is 0.374 e. The Balaban J connectivity index is 2.55. The van der Waals surface area contributed by atoms with Crippen molar-refractivity contribution in [3.8, 4) is 0 Å². The van der Waals surface area contributed by atoms with Crippen LogP contribution < -0.4 is 0 Å². The molecule has 7 heteroatoms. The van der Waals surface area contributed by atoms with Gasteiger partial charge in [0.25, 0.3) is 0 Å². The molecule has 98 valence electrons. The second-order valence-electron chi connectivity index (χ2n) is 3.43. The SMILES string of the molecule is COC(=O)C(=O)Cc1ccc(CON(O)O)cc1. The fraction of sp³-hybridized carbons (Fsp3) is 0.273.